The Hall–Kier alpha value is -3.10. The Morgan fingerprint density at radius 3 is 2.56 bits per heavy atom. The van der Waals surface area contributed by atoms with Gasteiger partial charge in [0.1, 0.15) is 0 Å². The smallest absolute Gasteiger partial charge is 0.248 e. The van der Waals surface area contributed by atoms with E-state index in [1.54, 1.807) is 24.3 Å². The van der Waals surface area contributed by atoms with Crippen molar-refractivity contribution in [3.05, 3.63) is 76.6 Å². The number of nitrogens with zero attached hydrogens (tertiary/aromatic N) is 3. The summed E-state index contributed by atoms with van der Waals surface area (Å²) in [5.41, 5.74) is 4.35. The van der Waals surface area contributed by atoms with Gasteiger partial charge in [0.25, 0.3) is 0 Å². The second-order valence-electron chi connectivity index (χ2n) is 7.56. The van der Waals surface area contributed by atoms with Gasteiger partial charge >= 0.3 is 0 Å². The lowest BCUT2D eigenvalue weighted by atomic mass is 10.2. The van der Waals surface area contributed by atoms with Crippen LogP contribution in [0.15, 0.2) is 54.6 Å². The lowest BCUT2D eigenvalue weighted by Gasteiger charge is -2.18. The van der Waals surface area contributed by atoms with Gasteiger partial charge in [0.05, 0.1) is 33.5 Å². The fraction of sp³-hybridized carbons (Fsp3) is 0.217. The van der Waals surface area contributed by atoms with Crippen molar-refractivity contribution in [1.29, 1.82) is 0 Å². The number of halogens is 1. The van der Waals surface area contributed by atoms with E-state index in [4.69, 9.17) is 11.6 Å². The van der Waals surface area contributed by atoms with Gasteiger partial charge in [-0.2, -0.15) is 5.10 Å². The monoisotopic (exact) mass is 470 g/mol. The highest BCUT2D eigenvalue weighted by atomic mass is 35.5. The van der Waals surface area contributed by atoms with Gasteiger partial charge in [0.2, 0.25) is 15.9 Å². The number of hydrogen-bond donors (Lipinski definition) is 1. The van der Waals surface area contributed by atoms with Crippen LogP contribution >= 0.6 is 11.6 Å². The van der Waals surface area contributed by atoms with Crippen LogP contribution in [-0.2, 0) is 14.8 Å². The van der Waals surface area contributed by atoms with E-state index in [0.29, 0.717) is 29.4 Å². The quantitative estimate of drug-likeness (QED) is 0.562. The van der Waals surface area contributed by atoms with E-state index >= 15 is 0 Å². The van der Waals surface area contributed by atoms with Gasteiger partial charge in [-0.25, -0.2) is 13.1 Å². The average molecular weight is 471 g/mol. The van der Waals surface area contributed by atoms with E-state index in [1.807, 2.05) is 48.9 Å². The first-order chi connectivity index (χ1) is 15.3. The van der Waals surface area contributed by atoms with Gasteiger partial charge in [0, 0.05) is 23.9 Å². The molecule has 0 atom stereocenters. The molecule has 0 spiro atoms. The first-order valence-corrected chi connectivity index (χ1v) is 12.2. The minimum atomic E-state index is -3.32. The first-order valence-electron chi connectivity index (χ1n) is 10.2. The summed E-state index contributed by atoms with van der Waals surface area (Å²) in [5, 5.41) is 7.65. The minimum Gasteiger partial charge on any atom is -0.321 e. The van der Waals surface area contributed by atoms with Crippen LogP contribution < -0.4 is 9.62 Å². The second-order valence-corrected chi connectivity index (χ2v) is 9.98. The Morgan fingerprint density at radius 2 is 1.88 bits per heavy atom. The maximum absolute atomic E-state index is 12.6. The van der Waals surface area contributed by atoms with E-state index < -0.39 is 10.0 Å². The molecule has 1 aromatic heterocycles. The number of hydrogen-bond acceptors (Lipinski definition) is 4. The zero-order chi connectivity index (χ0) is 22.9. The number of carbonyl (C=O) groups is 1. The third-order valence-corrected chi connectivity index (χ3v) is 7.54. The Kier molecular flexibility index (Phi) is 6.08. The molecular weight excluding hydrogens is 448 g/mol. The molecule has 1 saturated heterocycles. The van der Waals surface area contributed by atoms with Crippen molar-refractivity contribution in [2.24, 2.45) is 0 Å². The molecule has 0 aliphatic carbocycles. The maximum atomic E-state index is 12.6. The van der Waals surface area contributed by atoms with Crippen molar-refractivity contribution in [3.8, 4) is 5.69 Å². The summed E-state index contributed by atoms with van der Waals surface area (Å²) >= 11 is 6.24. The number of amides is 1. The molecule has 0 saturated carbocycles. The molecule has 32 heavy (non-hydrogen) atoms. The molecule has 1 fully saturated rings. The molecule has 0 unspecified atom stereocenters. The fourth-order valence-electron chi connectivity index (χ4n) is 3.74. The van der Waals surface area contributed by atoms with Crippen LogP contribution in [0.5, 0.6) is 0 Å². The van der Waals surface area contributed by atoms with Crippen LogP contribution in [-0.4, -0.2) is 36.4 Å². The van der Waals surface area contributed by atoms with E-state index in [2.05, 4.69) is 10.4 Å². The number of carbonyl (C=O) groups excluding carboxylic acids is 1. The molecule has 9 heteroatoms. The molecule has 1 aliphatic heterocycles. The predicted molar refractivity (Wildman–Crippen MR) is 128 cm³/mol. The van der Waals surface area contributed by atoms with Gasteiger partial charge in [-0.15, -0.1) is 0 Å². The normalized spacial score (nSPS) is 15.4. The zero-order valence-electron chi connectivity index (χ0n) is 17.7. The standard InChI is InChI=1S/C23H23ClN4O3S/c1-16-20(17(2)28(26-16)18-7-4-3-5-8-18)10-12-23(29)25-22-15-19(9-11-21(22)24)27-13-6-14-32(27,30)31/h3-5,7-12,15H,6,13-14H2,1-2H3,(H,25,29). The van der Waals surface area contributed by atoms with Crippen LogP contribution in [0, 0.1) is 13.8 Å². The molecule has 166 valence electrons. The number of sulfonamides is 1. The van der Waals surface area contributed by atoms with Gasteiger partial charge in [0.15, 0.2) is 0 Å². The largest absolute Gasteiger partial charge is 0.321 e. The summed E-state index contributed by atoms with van der Waals surface area (Å²) in [7, 11) is -3.32. The molecule has 0 radical (unpaired) electrons. The summed E-state index contributed by atoms with van der Waals surface area (Å²) in [6.45, 7) is 4.25. The van der Waals surface area contributed by atoms with Crippen molar-refractivity contribution in [2.45, 2.75) is 20.3 Å². The van der Waals surface area contributed by atoms with Crippen molar-refractivity contribution in [2.75, 3.05) is 21.9 Å². The summed E-state index contributed by atoms with van der Waals surface area (Å²) in [5.74, 6) is -0.255. The Labute approximate surface area is 192 Å². The molecule has 1 aliphatic rings. The third kappa shape index (κ3) is 4.42. The number of anilines is 2. The highest BCUT2D eigenvalue weighted by molar-refractivity contribution is 7.93. The summed E-state index contributed by atoms with van der Waals surface area (Å²) in [6, 6.07) is 14.6. The van der Waals surface area contributed by atoms with E-state index in [9.17, 15) is 13.2 Å². The molecular formula is C23H23ClN4O3S. The fourth-order valence-corrected chi connectivity index (χ4v) is 5.46. The van der Waals surface area contributed by atoms with E-state index in [-0.39, 0.29) is 11.7 Å². The SMILES string of the molecule is Cc1nn(-c2ccccc2)c(C)c1C=CC(=O)Nc1cc(N2CCCS2(=O)=O)ccc1Cl. The van der Waals surface area contributed by atoms with Crippen molar-refractivity contribution in [1.82, 2.24) is 9.78 Å². The third-order valence-electron chi connectivity index (χ3n) is 5.34. The van der Waals surface area contributed by atoms with Crippen LogP contribution in [0.2, 0.25) is 5.02 Å². The lowest BCUT2D eigenvalue weighted by molar-refractivity contribution is -0.111. The summed E-state index contributed by atoms with van der Waals surface area (Å²) < 4.78 is 27.6. The summed E-state index contributed by atoms with van der Waals surface area (Å²) in [6.07, 6.45) is 3.71. The number of para-hydroxylation sites is 1. The Balaban J connectivity index is 1.54. The predicted octanol–water partition coefficient (Wildman–Crippen LogP) is 4.33. The molecule has 3 aromatic rings. The van der Waals surface area contributed by atoms with Crippen molar-refractivity contribution >= 4 is 45.0 Å². The molecule has 2 aromatic carbocycles. The van der Waals surface area contributed by atoms with Crippen LogP contribution in [0.25, 0.3) is 11.8 Å². The van der Waals surface area contributed by atoms with E-state index in [1.165, 1.54) is 10.4 Å². The summed E-state index contributed by atoms with van der Waals surface area (Å²) in [4.78, 5) is 12.6. The Morgan fingerprint density at radius 1 is 1.12 bits per heavy atom. The molecule has 0 bridgehead atoms. The van der Waals surface area contributed by atoms with Gasteiger partial charge < -0.3 is 5.32 Å². The molecule has 4 rings (SSSR count). The number of aryl methyl sites for hydroxylation is 1. The number of aromatic nitrogens is 2. The van der Waals surface area contributed by atoms with Crippen LogP contribution in [0.3, 0.4) is 0 Å². The topological polar surface area (TPSA) is 84.3 Å². The molecule has 7 nitrogen and oxygen atoms in total. The number of benzene rings is 2. The lowest BCUT2D eigenvalue weighted by Crippen LogP contribution is -2.25. The second kappa shape index (κ2) is 8.80. The van der Waals surface area contributed by atoms with Gasteiger partial charge in [-0.05, 0) is 56.7 Å². The van der Waals surface area contributed by atoms with Crippen LogP contribution in [0.1, 0.15) is 23.4 Å². The van der Waals surface area contributed by atoms with Crippen molar-refractivity contribution in [3.63, 3.8) is 0 Å². The molecule has 1 N–H and O–H groups in total. The first kappa shape index (κ1) is 22.1. The van der Waals surface area contributed by atoms with Gasteiger partial charge in [-0.3, -0.25) is 9.10 Å². The Bertz CT molecular complexity index is 1300. The highest BCUT2D eigenvalue weighted by Crippen LogP contribution is 2.31. The number of rotatable bonds is 5. The number of nitrogens with one attached hydrogen (secondary N) is 1. The molecule has 2 heterocycles. The minimum absolute atomic E-state index is 0.120. The maximum Gasteiger partial charge on any atom is 0.248 e. The average Bonchev–Trinajstić information content (AvgIpc) is 3.26. The van der Waals surface area contributed by atoms with Crippen molar-refractivity contribution < 1.29 is 13.2 Å². The zero-order valence-corrected chi connectivity index (χ0v) is 19.3. The molecule has 1 amide bonds. The highest BCUT2D eigenvalue weighted by Gasteiger charge is 2.28. The van der Waals surface area contributed by atoms with E-state index in [0.717, 1.165) is 22.6 Å². The van der Waals surface area contributed by atoms with Gasteiger partial charge in [-0.1, -0.05) is 29.8 Å². The van der Waals surface area contributed by atoms with Crippen LogP contribution in [0.4, 0.5) is 11.4 Å².